The molecule has 0 atom stereocenters. The number of allylic oxidation sites excluding steroid dienone is 2. The van der Waals surface area contributed by atoms with E-state index in [1.54, 1.807) is 12.4 Å². The number of benzene rings is 1. The van der Waals surface area contributed by atoms with Gasteiger partial charge in [0.1, 0.15) is 30.2 Å². The number of anilines is 2. The van der Waals surface area contributed by atoms with Gasteiger partial charge in [0.05, 0.1) is 17.1 Å². The lowest BCUT2D eigenvalue weighted by atomic mass is 10.1. The van der Waals surface area contributed by atoms with Gasteiger partial charge in [0.25, 0.3) is 0 Å². The average molecular weight is 611 g/mol. The summed E-state index contributed by atoms with van der Waals surface area (Å²) >= 11 is 0. The fourth-order valence-corrected chi connectivity index (χ4v) is 5.47. The first kappa shape index (κ1) is 31.7. The Kier molecular flexibility index (Phi) is 10.1. The Balaban J connectivity index is 1.45. The highest BCUT2D eigenvalue weighted by atomic mass is 16.5. The topological polar surface area (TPSA) is 86.1 Å². The van der Waals surface area contributed by atoms with Crippen molar-refractivity contribution >= 4 is 35.0 Å². The van der Waals surface area contributed by atoms with Gasteiger partial charge in [-0.15, -0.1) is 0 Å². The Labute approximate surface area is 265 Å². The number of carbonyl (C=O) groups is 1. The van der Waals surface area contributed by atoms with Crippen LogP contribution in [0.25, 0.3) is 11.8 Å². The number of carbonyl (C=O) groups excluding carboxylic acids is 1. The second-order valence-corrected chi connectivity index (χ2v) is 11.6. The van der Waals surface area contributed by atoms with Crippen molar-refractivity contribution in [2.45, 2.75) is 27.2 Å². The minimum atomic E-state index is 0.0249. The molecule has 0 unspecified atom stereocenters. The number of nitrogens with one attached hydrogen (secondary N) is 1. The first-order valence-electron chi connectivity index (χ1n) is 15.5. The van der Waals surface area contributed by atoms with Crippen molar-refractivity contribution in [3.63, 3.8) is 0 Å². The molecular weight excluding hydrogens is 566 g/mol. The molecule has 1 aromatic heterocycles. The van der Waals surface area contributed by atoms with Gasteiger partial charge in [-0.1, -0.05) is 19.1 Å². The number of ether oxygens (including phenoxy) is 2. The summed E-state index contributed by atoms with van der Waals surface area (Å²) in [6, 6.07) is 6.02. The van der Waals surface area contributed by atoms with Crippen molar-refractivity contribution in [3.8, 4) is 5.75 Å². The van der Waals surface area contributed by atoms with Gasteiger partial charge in [-0.25, -0.2) is 9.97 Å². The smallest absolute Gasteiger partial charge is 0.247 e. The Morgan fingerprint density at radius 3 is 2.82 bits per heavy atom. The first-order chi connectivity index (χ1) is 21.8. The summed E-state index contributed by atoms with van der Waals surface area (Å²) in [7, 11) is 6.00. The summed E-state index contributed by atoms with van der Waals surface area (Å²) in [5, 5.41) is 5.12. The molecule has 10 nitrogen and oxygen atoms in total. The quantitative estimate of drug-likeness (QED) is 0.361. The van der Waals surface area contributed by atoms with E-state index in [1.807, 2.05) is 81.4 Å². The minimum absolute atomic E-state index is 0.0249. The van der Waals surface area contributed by atoms with Gasteiger partial charge in [-0.2, -0.15) is 4.58 Å². The zero-order chi connectivity index (χ0) is 31.9. The summed E-state index contributed by atoms with van der Waals surface area (Å²) in [6.07, 6.45) is 16.2. The van der Waals surface area contributed by atoms with E-state index in [-0.39, 0.29) is 5.91 Å². The first-order valence-corrected chi connectivity index (χ1v) is 15.5. The van der Waals surface area contributed by atoms with Crippen molar-refractivity contribution in [2.75, 3.05) is 65.8 Å². The number of rotatable bonds is 8. The van der Waals surface area contributed by atoms with Crippen LogP contribution in [0.5, 0.6) is 5.75 Å². The van der Waals surface area contributed by atoms with Crippen molar-refractivity contribution in [1.82, 2.24) is 24.7 Å². The lowest BCUT2D eigenvalue weighted by Gasteiger charge is -2.30. The molecule has 3 aliphatic heterocycles. The molecule has 1 aromatic carbocycles. The summed E-state index contributed by atoms with van der Waals surface area (Å²) < 4.78 is 15.0. The second kappa shape index (κ2) is 14.4. The van der Waals surface area contributed by atoms with E-state index < -0.39 is 0 Å². The predicted octanol–water partition coefficient (Wildman–Crippen LogP) is 2.90. The largest absolute Gasteiger partial charge is 0.475 e. The van der Waals surface area contributed by atoms with Crippen LogP contribution in [-0.2, 0) is 9.53 Å². The second-order valence-electron chi connectivity index (χ2n) is 11.6. The third kappa shape index (κ3) is 7.51. The van der Waals surface area contributed by atoms with Crippen molar-refractivity contribution < 1.29 is 18.8 Å². The molecule has 0 bridgehead atoms. The number of nitrogens with zero attached hydrogens (tertiary/aromatic N) is 6. The third-order valence-corrected chi connectivity index (χ3v) is 7.81. The summed E-state index contributed by atoms with van der Waals surface area (Å²) in [4.78, 5) is 28.2. The van der Waals surface area contributed by atoms with Gasteiger partial charge >= 0.3 is 0 Å². The van der Waals surface area contributed by atoms with Crippen LogP contribution in [0, 0.1) is 6.92 Å². The fourth-order valence-electron chi connectivity index (χ4n) is 5.47. The van der Waals surface area contributed by atoms with Crippen LogP contribution < -0.4 is 20.6 Å². The number of aromatic nitrogens is 2. The monoisotopic (exact) mass is 610 g/mol. The van der Waals surface area contributed by atoms with E-state index in [1.165, 1.54) is 0 Å². The Bertz CT molecular complexity index is 1720. The number of likely N-dealkylation sites (N-methyl/N-ethyl adjacent to an activating group) is 2. The SMILES string of the molecule is C/C=c1/ncnc(Nc2ccc(OC3=CCN(C)C=C3)c(C)c2)/c1=C1\OCC2=[N+](CCN(C(=O)/C=C/CN(C)C)C2)\C1=C/CC. The van der Waals surface area contributed by atoms with Gasteiger partial charge in [0.15, 0.2) is 13.2 Å². The summed E-state index contributed by atoms with van der Waals surface area (Å²) in [5.41, 5.74) is 3.93. The number of hydrogen-bond acceptors (Lipinski definition) is 8. The van der Waals surface area contributed by atoms with Crippen LogP contribution in [0.2, 0.25) is 0 Å². The van der Waals surface area contributed by atoms with Crippen LogP contribution in [0.15, 0.2) is 72.6 Å². The highest BCUT2D eigenvalue weighted by Crippen LogP contribution is 2.27. The maximum Gasteiger partial charge on any atom is 0.247 e. The molecule has 0 saturated heterocycles. The molecule has 1 amide bonds. The van der Waals surface area contributed by atoms with E-state index in [2.05, 4.69) is 49.9 Å². The van der Waals surface area contributed by atoms with Gasteiger partial charge in [0, 0.05) is 38.1 Å². The minimum Gasteiger partial charge on any atom is -0.475 e. The highest BCUT2D eigenvalue weighted by molar-refractivity contribution is 5.94. The van der Waals surface area contributed by atoms with E-state index in [4.69, 9.17) is 9.47 Å². The summed E-state index contributed by atoms with van der Waals surface area (Å²) in [6.45, 7) is 9.88. The molecule has 0 radical (unpaired) electrons. The number of aryl methyl sites for hydroxylation is 1. The number of hydrogen-bond donors (Lipinski definition) is 1. The molecule has 45 heavy (non-hydrogen) atoms. The van der Waals surface area contributed by atoms with Gasteiger partial charge < -0.3 is 29.5 Å². The van der Waals surface area contributed by atoms with E-state index in [9.17, 15) is 4.79 Å². The van der Waals surface area contributed by atoms with Gasteiger partial charge in [-0.05, 0) is 76.4 Å². The van der Waals surface area contributed by atoms with Crippen molar-refractivity contribution in [1.29, 1.82) is 0 Å². The molecule has 2 aromatic rings. The highest BCUT2D eigenvalue weighted by Gasteiger charge is 2.37. The van der Waals surface area contributed by atoms with Crippen molar-refractivity contribution in [3.05, 3.63) is 88.7 Å². The molecule has 10 heteroatoms. The Morgan fingerprint density at radius 2 is 2.11 bits per heavy atom. The molecular formula is C35H44N7O3+. The lowest BCUT2D eigenvalue weighted by molar-refractivity contribution is -0.484. The molecule has 1 N–H and O–H groups in total. The van der Waals surface area contributed by atoms with Crippen LogP contribution in [-0.4, -0.2) is 101 Å². The Morgan fingerprint density at radius 1 is 1.27 bits per heavy atom. The fraction of sp³-hybridized carbons (Fsp3) is 0.371. The van der Waals surface area contributed by atoms with Crippen LogP contribution >= 0.6 is 0 Å². The molecule has 0 spiro atoms. The molecule has 0 aliphatic carbocycles. The molecule has 0 fully saturated rings. The summed E-state index contributed by atoms with van der Waals surface area (Å²) in [5.74, 6) is 3.06. The zero-order valence-electron chi connectivity index (χ0n) is 27.2. The standard InChI is InChI=1S/C35H44N7O3/c1-7-10-30-34(44-23-27-22-41(19-20-42(27)30)32(43)11-9-16-39(4)5)33-29(8-2)36-24-37-35(33)38-26-12-13-31(25(3)21-26)45-28-14-17-40(6)18-15-28/h8-15,17,21,24H,7,16,18-20,22-23H2,1-6H3,(H,36,37,38)/q+1/b11-9+,29-8+,30-10-,34-33-. The van der Waals surface area contributed by atoms with Crippen LogP contribution in [0.1, 0.15) is 25.8 Å². The maximum absolute atomic E-state index is 12.9. The molecule has 236 valence electrons. The molecule has 4 heterocycles. The number of amides is 1. The zero-order valence-corrected chi connectivity index (χ0v) is 27.2. The van der Waals surface area contributed by atoms with Crippen molar-refractivity contribution in [2.24, 2.45) is 0 Å². The molecule has 5 rings (SSSR count). The normalized spacial score (nSPS) is 19.3. The van der Waals surface area contributed by atoms with E-state index >= 15 is 0 Å². The van der Waals surface area contributed by atoms with Gasteiger partial charge in [-0.3, -0.25) is 4.79 Å². The predicted molar refractivity (Wildman–Crippen MR) is 179 cm³/mol. The van der Waals surface area contributed by atoms with E-state index in [0.717, 1.165) is 70.0 Å². The third-order valence-electron chi connectivity index (χ3n) is 7.81. The Hall–Kier alpha value is -4.70. The van der Waals surface area contributed by atoms with Crippen LogP contribution in [0.3, 0.4) is 0 Å². The van der Waals surface area contributed by atoms with Crippen LogP contribution in [0.4, 0.5) is 11.5 Å². The average Bonchev–Trinajstić information content (AvgIpc) is 3.03. The maximum atomic E-state index is 12.9. The lowest BCUT2D eigenvalue weighted by Crippen LogP contribution is -2.51. The molecule has 0 saturated carbocycles. The van der Waals surface area contributed by atoms with Gasteiger partial charge in [0.2, 0.25) is 23.1 Å². The van der Waals surface area contributed by atoms with E-state index in [0.29, 0.717) is 32.1 Å². The molecule has 3 aliphatic rings.